The molecule has 1 aliphatic rings. The first-order valence-corrected chi connectivity index (χ1v) is 9.12. The second kappa shape index (κ2) is 6.46. The SMILES string of the molecule is CCN(C1CCNCC1)S(=O)(=O)c1c(C)cc(C)cc1C. The number of piperidine rings is 1. The third kappa shape index (κ3) is 3.30. The Morgan fingerprint density at radius 2 is 1.67 bits per heavy atom. The van der Waals surface area contributed by atoms with Crippen LogP contribution in [0.4, 0.5) is 0 Å². The molecule has 0 unspecified atom stereocenters. The zero-order valence-corrected chi connectivity index (χ0v) is 14.3. The van der Waals surface area contributed by atoms with Gasteiger partial charge in [-0.2, -0.15) is 4.31 Å². The van der Waals surface area contributed by atoms with Crippen molar-refractivity contribution < 1.29 is 8.42 Å². The number of hydrogen-bond donors (Lipinski definition) is 1. The van der Waals surface area contributed by atoms with E-state index >= 15 is 0 Å². The third-order valence-electron chi connectivity index (χ3n) is 4.20. The van der Waals surface area contributed by atoms with Crippen LogP contribution in [-0.4, -0.2) is 38.4 Å². The maximum atomic E-state index is 13.1. The van der Waals surface area contributed by atoms with Gasteiger partial charge >= 0.3 is 0 Å². The van der Waals surface area contributed by atoms with Crippen molar-refractivity contribution in [1.29, 1.82) is 0 Å². The van der Waals surface area contributed by atoms with Crippen molar-refractivity contribution in [3.05, 3.63) is 28.8 Å². The molecule has 0 saturated carbocycles. The number of nitrogens with one attached hydrogen (secondary N) is 1. The van der Waals surface area contributed by atoms with Crippen molar-refractivity contribution in [2.24, 2.45) is 0 Å². The topological polar surface area (TPSA) is 49.4 Å². The Bertz CT molecular complexity index is 582. The molecule has 0 aliphatic carbocycles. The van der Waals surface area contributed by atoms with Crippen molar-refractivity contribution in [2.75, 3.05) is 19.6 Å². The quantitative estimate of drug-likeness (QED) is 0.929. The summed E-state index contributed by atoms with van der Waals surface area (Å²) >= 11 is 0. The summed E-state index contributed by atoms with van der Waals surface area (Å²) in [6.45, 7) is 10.0. The molecule has 1 aromatic carbocycles. The number of nitrogens with zero attached hydrogens (tertiary/aromatic N) is 1. The van der Waals surface area contributed by atoms with Gasteiger partial charge in [0.15, 0.2) is 0 Å². The van der Waals surface area contributed by atoms with Crippen LogP contribution < -0.4 is 5.32 Å². The number of sulfonamides is 1. The fourth-order valence-electron chi connectivity index (χ4n) is 3.41. The van der Waals surface area contributed by atoms with Crippen molar-refractivity contribution in [3.8, 4) is 0 Å². The van der Waals surface area contributed by atoms with Gasteiger partial charge in [0.25, 0.3) is 0 Å². The Morgan fingerprint density at radius 1 is 1.14 bits per heavy atom. The summed E-state index contributed by atoms with van der Waals surface area (Å²) in [7, 11) is -3.42. The maximum Gasteiger partial charge on any atom is 0.243 e. The first-order chi connectivity index (χ1) is 9.87. The first-order valence-electron chi connectivity index (χ1n) is 7.68. The molecule has 0 atom stereocenters. The van der Waals surface area contributed by atoms with Crippen molar-refractivity contribution in [3.63, 3.8) is 0 Å². The van der Waals surface area contributed by atoms with E-state index in [0.29, 0.717) is 11.4 Å². The van der Waals surface area contributed by atoms with Crippen LogP contribution in [0.3, 0.4) is 0 Å². The highest BCUT2D eigenvalue weighted by molar-refractivity contribution is 7.89. The van der Waals surface area contributed by atoms with Crippen molar-refractivity contribution >= 4 is 10.0 Å². The van der Waals surface area contributed by atoms with Crippen LogP contribution in [0.15, 0.2) is 17.0 Å². The molecule has 0 radical (unpaired) electrons. The highest BCUT2D eigenvalue weighted by Gasteiger charge is 2.32. The van der Waals surface area contributed by atoms with Gasteiger partial charge in [-0.25, -0.2) is 8.42 Å². The summed E-state index contributed by atoms with van der Waals surface area (Å²) < 4.78 is 27.9. The lowest BCUT2D eigenvalue weighted by molar-refractivity contribution is 0.270. The van der Waals surface area contributed by atoms with Crippen LogP contribution in [0.2, 0.25) is 0 Å². The highest BCUT2D eigenvalue weighted by Crippen LogP contribution is 2.28. The fraction of sp³-hybridized carbons (Fsp3) is 0.625. The summed E-state index contributed by atoms with van der Waals surface area (Å²) in [6, 6.07) is 4.02. The van der Waals surface area contributed by atoms with Gasteiger partial charge in [0, 0.05) is 12.6 Å². The van der Waals surface area contributed by atoms with Gasteiger partial charge in [0.05, 0.1) is 4.90 Å². The van der Waals surface area contributed by atoms with Gasteiger partial charge in [-0.3, -0.25) is 0 Å². The fourth-order valence-corrected chi connectivity index (χ4v) is 5.52. The summed E-state index contributed by atoms with van der Waals surface area (Å²) in [5.74, 6) is 0. The van der Waals surface area contributed by atoms with E-state index in [4.69, 9.17) is 0 Å². The molecule has 21 heavy (non-hydrogen) atoms. The van der Waals surface area contributed by atoms with E-state index in [9.17, 15) is 8.42 Å². The molecule has 0 amide bonds. The minimum Gasteiger partial charge on any atom is -0.317 e. The van der Waals surface area contributed by atoms with Crippen LogP contribution in [0.25, 0.3) is 0 Å². The van der Waals surface area contributed by atoms with Gasteiger partial charge in [-0.15, -0.1) is 0 Å². The minimum absolute atomic E-state index is 0.112. The lowest BCUT2D eigenvalue weighted by Crippen LogP contribution is -2.46. The van der Waals surface area contributed by atoms with Gasteiger partial charge in [-0.05, 0) is 57.8 Å². The Hall–Kier alpha value is -0.910. The molecular weight excluding hydrogens is 284 g/mol. The summed E-state index contributed by atoms with van der Waals surface area (Å²) in [4.78, 5) is 0.494. The molecule has 0 bridgehead atoms. The van der Waals surface area contributed by atoms with Crippen molar-refractivity contribution in [2.45, 2.75) is 51.5 Å². The largest absolute Gasteiger partial charge is 0.317 e. The average Bonchev–Trinajstić information content (AvgIpc) is 2.38. The molecule has 1 saturated heterocycles. The molecule has 1 aliphatic heterocycles. The normalized spacial score (nSPS) is 17.4. The molecule has 4 nitrogen and oxygen atoms in total. The van der Waals surface area contributed by atoms with Gasteiger partial charge in [-0.1, -0.05) is 24.6 Å². The predicted octanol–water partition coefficient (Wildman–Crippen LogP) is 2.37. The van der Waals surface area contributed by atoms with E-state index < -0.39 is 10.0 Å². The standard InChI is InChI=1S/C16H26N2O2S/c1-5-18(15-6-8-17-9-7-15)21(19,20)16-13(3)10-12(2)11-14(16)4/h10-11,15,17H,5-9H2,1-4H3. The zero-order valence-electron chi connectivity index (χ0n) is 13.4. The molecule has 1 heterocycles. The Kier molecular flexibility index (Phi) is 5.07. The number of hydrogen-bond acceptors (Lipinski definition) is 3. The Morgan fingerprint density at radius 3 is 2.14 bits per heavy atom. The van der Waals surface area contributed by atoms with Crippen LogP contribution in [0.1, 0.15) is 36.5 Å². The van der Waals surface area contributed by atoms with E-state index in [-0.39, 0.29) is 6.04 Å². The van der Waals surface area contributed by atoms with E-state index in [0.717, 1.165) is 42.6 Å². The van der Waals surface area contributed by atoms with Crippen LogP contribution in [-0.2, 0) is 10.0 Å². The second-order valence-corrected chi connectivity index (χ2v) is 7.74. The summed E-state index contributed by atoms with van der Waals surface area (Å²) in [5.41, 5.74) is 2.80. The summed E-state index contributed by atoms with van der Waals surface area (Å²) in [6.07, 6.45) is 1.77. The molecule has 1 aromatic rings. The maximum absolute atomic E-state index is 13.1. The highest BCUT2D eigenvalue weighted by atomic mass is 32.2. The van der Waals surface area contributed by atoms with Crippen molar-refractivity contribution in [1.82, 2.24) is 9.62 Å². The number of aryl methyl sites for hydroxylation is 3. The van der Waals surface area contributed by atoms with Gasteiger partial charge in [0.1, 0.15) is 0 Å². The number of benzene rings is 1. The molecule has 0 spiro atoms. The number of rotatable bonds is 4. The first kappa shape index (κ1) is 16.5. The Balaban J connectivity index is 2.44. The van der Waals surface area contributed by atoms with E-state index in [2.05, 4.69) is 5.32 Å². The predicted molar refractivity (Wildman–Crippen MR) is 86.1 cm³/mol. The minimum atomic E-state index is -3.42. The molecule has 5 heteroatoms. The molecule has 1 fully saturated rings. The Labute approximate surface area is 128 Å². The average molecular weight is 310 g/mol. The van der Waals surface area contributed by atoms with Gasteiger partial charge < -0.3 is 5.32 Å². The lowest BCUT2D eigenvalue weighted by atomic mass is 10.1. The smallest absolute Gasteiger partial charge is 0.243 e. The van der Waals surface area contributed by atoms with Crippen LogP contribution >= 0.6 is 0 Å². The molecule has 118 valence electrons. The summed E-state index contributed by atoms with van der Waals surface area (Å²) in [5, 5.41) is 3.29. The van der Waals surface area contributed by atoms with E-state index in [1.807, 2.05) is 39.8 Å². The molecule has 2 rings (SSSR count). The molecular formula is C16H26N2O2S. The van der Waals surface area contributed by atoms with E-state index in [1.165, 1.54) is 0 Å². The third-order valence-corrected chi connectivity index (χ3v) is 6.53. The second-order valence-electron chi connectivity index (χ2n) is 5.92. The zero-order chi connectivity index (χ0) is 15.6. The molecule has 1 N–H and O–H groups in total. The van der Waals surface area contributed by atoms with Gasteiger partial charge in [0.2, 0.25) is 10.0 Å². The van der Waals surface area contributed by atoms with Crippen LogP contribution in [0.5, 0.6) is 0 Å². The van der Waals surface area contributed by atoms with Crippen LogP contribution in [0, 0.1) is 20.8 Å². The lowest BCUT2D eigenvalue weighted by Gasteiger charge is -2.33. The monoisotopic (exact) mass is 310 g/mol. The van der Waals surface area contributed by atoms with E-state index in [1.54, 1.807) is 4.31 Å². The molecule has 0 aromatic heterocycles.